The van der Waals surface area contributed by atoms with Crippen LogP contribution in [0.5, 0.6) is 0 Å². The van der Waals surface area contributed by atoms with Crippen molar-refractivity contribution in [3.8, 4) is 49.4 Å². The van der Waals surface area contributed by atoms with Gasteiger partial charge in [-0.05, 0) is 230 Å². The van der Waals surface area contributed by atoms with Crippen LogP contribution in [0.3, 0.4) is 0 Å². The van der Waals surface area contributed by atoms with Gasteiger partial charge in [0.1, 0.15) is 38.7 Å². The van der Waals surface area contributed by atoms with Crippen LogP contribution in [0.15, 0.2) is 110 Å². The van der Waals surface area contributed by atoms with E-state index >= 15 is 0 Å². The average Bonchev–Trinajstić information content (AvgIpc) is 1.71. The Morgan fingerprint density at radius 3 is 1.02 bits per heavy atom. The molecule has 4 saturated heterocycles. The fourth-order valence-electron chi connectivity index (χ4n) is 19.4. The third-order valence-corrected chi connectivity index (χ3v) is 29.6. The van der Waals surface area contributed by atoms with Crippen molar-refractivity contribution in [2.45, 2.75) is 283 Å². The number of benzene rings is 2. The maximum atomic E-state index is 13.0. The summed E-state index contributed by atoms with van der Waals surface area (Å²) < 4.78 is 47.7. The zero-order valence-corrected chi connectivity index (χ0v) is 79.1. The smallest absolute Gasteiger partial charge is 0.202 e. The zero-order valence-electron chi connectivity index (χ0n) is 78.3. The number of carbonyl (C=O) groups is 4. The molecule has 16 rings (SSSR count). The second-order valence-electron chi connectivity index (χ2n) is 40.5. The normalized spacial score (nSPS) is 23.5. The van der Waals surface area contributed by atoms with Gasteiger partial charge in [-0.25, -0.2) is 38.3 Å². The average molecular weight is 1790 g/mol. The fourth-order valence-corrected chi connectivity index (χ4v) is 20.9. The van der Waals surface area contributed by atoms with E-state index < -0.39 is 31.4 Å². The molecular formula is C107H128N10O13S. The number of aromatic nitrogens is 10. The van der Waals surface area contributed by atoms with E-state index in [9.17, 15) is 42.9 Å². The Bertz CT molecular complexity index is 5820. The molecule has 6 atom stereocenters. The minimum Gasteiger partial charge on any atom is -0.385 e. The van der Waals surface area contributed by atoms with Gasteiger partial charge in [-0.2, -0.15) is 0 Å². The molecular weight excluding hydrogens is 1670 g/mol. The minimum atomic E-state index is -3.39. The van der Waals surface area contributed by atoms with Crippen LogP contribution in [0, 0.1) is 71.0 Å². The summed E-state index contributed by atoms with van der Waals surface area (Å²) in [7, 11) is -3.39. The van der Waals surface area contributed by atoms with Crippen molar-refractivity contribution in [2.75, 3.05) is 32.7 Å². The molecule has 0 spiro atoms. The number of nitrogens with zero attached hydrogens (tertiary/aromatic N) is 6. The highest BCUT2D eigenvalue weighted by atomic mass is 32.2. The number of aromatic amines is 4. The molecule has 2 unspecified atom stereocenters. The number of ether oxygens (including phenoxy) is 4. The second kappa shape index (κ2) is 40.3. The van der Waals surface area contributed by atoms with Gasteiger partial charge in [0.25, 0.3) is 0 Å². The van der Waals surface area contributed by atoms with Gasteiger partial charge < -0.3 is 54.2 Å². The Hall–Kier alpha value is -10.9. The van der Waals surface area contributed by atoms with Crippen molar-refractivity contribution in [1.29, 1.82) is 0 Å². The Morgan fingerprint density at radius 1 is 0.405 bits per heavy atom. The number of Topliss-reactive ketones (excluding diaryl/α,β-unsaturated/α-hetero) is 4. The lowest BCUT2D eigenvalue weighted by molar-refractivity contribution is -0.137. The predicted octanol–water partition coefficient (Wildman–Crippen LogP) is 18.0. The van der Waals surface area contributed by atoms with Crippen LogP contribution in [0.25, 0.3) is 22.3 Å². The Morgan fingerprint density at radius 2 is 0.702 bits per heavy atom. The molecule has 0 saturated carbocycles. The van der Waals surface area contributed by atoms with Crippen LogP contribution in [0.1, 0.15) is 344 Å². The van der Waals surface area contributed by atoms with Gasteiger partial charge in [-0.1, -0.05) is 140 Å². The highest BCUT2D eigenvalue weighted by Gasteiger charge is 2.46. The van der Waals surface area contributed by atoms with E-state index in [0.717, 1.165) is 144 Å². The lowest BCUT2D eigenvalue weighted by atomic mass is 9.75. The van der Waals surface area contributed by atoms with Crippen LogP contribution in [0.2, 0.25) is 0 Å². The number of hydrogen-bond donors (Lipinski definition) is 7. The van der Waals surface area contributed by atoms with E-state index in [4.69, 9.17) is 54.6 Å². The van der Waals surface area contributed by atoms with Gasteiger partial charge in [0.15, 0.2) is 33.1 Å². The Balaban J connectivity index is 0.000000149. The van der Waals surface area contributed by atoms with E-state index in [1.165, 1.54) is 42.2 Å². The molecule has 10 heterocycles. The van der Waals surface area contributed by atoms with Gasteiger partial charge in [0.05, 0.1) is 77.6 Å². The molecule has 4 aliphatic carbocycles. The molecule has 0 bridgehead atoms. The molecule has 4 aliphatic heterocycles. The van der Waals surface area contributed by atoms with Crippen LogP contribution < -0.4 is 0 Å². The second-order valence-corrected chi connectivity index (χ2v) is 42.8. The maximum Gasteiger partial charge on any atom is 0.202 e. The summed E-state index contributed by atoms with van der Waals surface area (Å²) in [6.45, 7) is 28.0. The van der Waals surface area contributed by atoms with Gasteiger partial charge in [-0.15, -0.1) is 25.7 Å². The van der Waals surface area contributed by atoms with Crippen molar-refractivity contribution in [1.82, 2.24) is 49.8 Å². The molecule has 0 amide bonds. The van der Waals surface area contributed by atoms with Crippen molar-refractivity contribution < 1.29 is 61.9 Å². The van der Waals surface area contributed by atoms with Crippen LogP contribution in [0.4, 0.5) is 0 Å². The third kappa shape index (κ3) is 23.8. The lowest BCUT2D eigenvalue weighted by Gasteiger charge is -2.40. The van der Waals surface area contributed by atoms with Gasteiger partial charge >= 0.3 is 0 Å². The van der Waals surface area contributed by atoms with E-state index in [1.807, 2.05) is 82.3 Å². The quantitative estimate of drug-likeness (QED) is 0.0259. The topological polar surface area (TPSA) is 341 Å². The Kier molecular flexibility index (Phi) is 30.0. The van der Waals surface area contributed by atoms with Crippen LogP contribution in [-0.2, 0) is 76.0 Å². The van der Waals surface area contributed by atoms with Crippen molar-refractivity contribution in [3.63, 3.8) is 0 Å². The standard InChI is InChI=1S/C28H34N2O3.C27H33N3O3.C27H32N2O4S.C25H29N3O3/c1-6-23-17-29-26(30-23)25(31)13-21-7-8-22(28(32)15-18(2)33-19(3)16-28)14-24(21)20-9-11-27(4,5)12-10-20;1-6-21-16-28-25(29-21)22(31)13-20-7-8-23(27(32)14-17(2)33-18(3)15-27)30-24(20)19-9-11-26(4,5)12-10-19;1-5-22-18-28-25(29-22)24(30)16-20-6-7-21(27(34(4,31)32)12-14-33-15-13-27)17-23(20)19-8-10-26(2,3)11-9-19;1-4-19-16-26-23(27-19)20(29)15-18-5-6-21(25(30)11-13-31-14-12-25)28-22(18)17-7-9-24(2,3)10-8-17/h1,7-9,14,17-19,32H,10-13,15-16H2,2-5H3,(H,29,30);1,7-9,16-18,32H,10-15H2,2-5H3,(H,28,29);1,6-8,17-18H,9-16H2,2-4H3,(H,28,29);1,5-7,16,30H,8-15H2,2-3H3,(H,26,27)/t18-,19+,28?;17-,18+,27?;;. The minimum absolute atomic E-state index is 0.0116. The van der Waals surface area contributed by atoms with Crippen LogP contribution >= 0.6 is 0 Å². The fraction of sp³-hybridized carbons (Fsp3) is 0.495. The highest BCUT2D eigenvalue weighted by Crippen LogP contribution is 2.49. The first kappa shape index (κ1) is 97.7. The molecule has 8 aromatic rings. The van der Waals surface area contributed by atoms with Gasteiger partial charge in [-0.3, -0.25) is 19.2 Å². The molecule has 690 valence electrons. The molecule has 4 fully saturated rings. The number of terminal acetylenes is 4. The van der Waals surface area contributed by atoms with Crippen molar-refractivity contribution in [2.24, 2.45) is 21.7 Å². The molecule has 23 nitrogen and oxygen atoms in total. The molecule has 8 aliphatic rings. The zero-order chi connectivity index (χ0) is 94.2. The Labute approximate surface area is 772 Å². The number of aliphatic hydroxyl groups is 3. The summed E-state index contributed by atoms with van der Waals surface area (Å²) in [4.78, 5) is 89.7. The van der Waals surface area contributed by atoms with Gasteiger partial charge in [0, 0.05) is 96.9 Å². The first-order valence-electron chi connectivity index (χ1n) is 46.1. The van der Waals surface area contributed by atoms with E-state index in [-0.39, 0.29) is 118 Å². The first-order chi connectivity index (χ1) is 62.0. The molecule has 0 radical (unpaired) electrons. The number of rotatable bonds is 21. The summed E-state index contributed by atoms with van der Waals surface area (Å²) in [6, 6.07) is 19.4. The number of H-pyrrole nitrogens is 4. The number of hydrogen-bond acceptors (Lipinski definition) is 19. The van der Waals surface area contributed by atoms with E-state index in [2.05, 4.69) is 149 Å². The largest absolute Gasteiger partial charge is 0.385 e. The summed E-state index contributed by atoms with van der Waals surface area (Å²) in [5.41, 5.74) is 14.8. The highest BCUT2D eigenvalue weighted by molar-refractivity contribution is 7.91. The summed E-state index contributed by atoms with van der Waals surface area (Å²) in [5.74, 6) is 10.3. The number of nitrogens with one attached hydrogen (secondary N) is 4. The molecule has 131 heavy (non-hydrogen) atoms. The SMILES string of the molecule is C#Cc1cnc(C(=O)Cc2ccc(C3(O)CCOCC3)nc2C2=CCC(C)(C)CC2)[nH]1.C#Cc1cnc(C(=O)Cc2ccc(C3(O)C[C@@H](C)O[C@@H](C)C3)cc2C2=CCC(C)(C)CC2)[nH]1.C#Cc1cnc(C(=O)Cc2ccc(C3(O)C[C@@H](C)O[C@@H](C)C3)nc2C2=CCC(C)(C)CC2)[nH]1.C#Cc1cnc(C(=O)Cc2ccc(C3(S(C)(=O)=O)CCOCC3)cc2C2=CCC(C)(C)CC2)[nH]1. The number of pyridine rings is 2. The monoisotopic (exact) mass is 1790 g/mol. The number of carbonyl (C=O) groups excluding carboxylic acids is 4. The molecule has 2 aromatic carbocycles. The number of sulfone groups is 1. The summed E-state index contributed by atoms with van der Waals surface area (Å²) in [6.07, 6.45) is 54.2. The summed E-state index contributed by atoms with van der Waals surface area (Å²) in [5, 5.41) is 34.2. The number of allylic oxidation sites excluding steroid dienone is 8. The third-order valence-electron chi connectivity index (χ3n) is 27.5. The number of ketones is 4. The first-order valence-corrected chi connectivity index (χ1v) is 48.0. The van der Waals surface area contributed by atoms with Crippen molar-refractivity contribution >= 4 is 55.3 Å². The van der Waals surface area contributed by atoms with Crippen LogP contribution in [-0.4, -0.2) is 154 Å². The predicted molar refractivity (Wildman–Crippen MR) is 509 cm³/mol. The summed E-state index contributed by atoms with van der Waals surface area (Å²) >= 11 is 0. The van der Waals surface area contributed by atoms with Gasteiger partial charge in [0.2, 0.25) is 23.1 Å². The van der Waals surface area contributed by atoms with E-state index in [1.54, 1.807) is 0 Å². The van der Waals surface area contributed by atoms with Crippen molar-refractivity contribution in [3.05, 3.63) is 223 Å². The molecule has 6 aromatic heterocycles. The van der Waals surface area contributed by atoms with E-state index in [0.29, 0.717) is 112 Å². The lowest BCUT2D eigenvalue weighted by Crippen LogP contribution is -2.42. The molecule has 7 N–H and O–H groups in total. The maximum absolute atomic E-state index is 13.0. The molecule has 24 heteroatoms. The number of imidazole rings is 4.